The topological polar surface area (TPSA) is 83.1 Å². The van der Waals surface area contributed by atoms with E-state index in [0.29, 0.717) is 11.6 Å². The highest BCUT2D eigenvalue weighted by Crippen LogP contribution is 2.28. The lowest BCUT2D eigenvalue weighted by Crippen LogP contribution is -3.14. The van der Waals surface area contributed by atoms with Gasteiger partial charge in [0.15, 0.2) is 23.9 Å². The molecule has 166 valence electrons. The second-order valence-electron chi connectivity index (χ2n) is 7.60. The van der Waals surface area contributed by atoms with Crippen LogP contribution in [0.2, 0.25) is 0 Å². The number of quaternary nitrogens is 2. The van der Waals surface area contributed by atoms with E-state index < -0.39 is 0 Å². The molecule has 0 radical (unpaired) electrons. The fourth-order valence-electron chi connectivity index (χ4n) is 3.46. The van der Waals surface area contributed by atoms with Crippen LogP contribution in [0.5, 0.6) is 11.5 Å². The molecule has 31 heavy (non-hydrogen) atoms. The summed E-state index contributed by atoms with van der Waals surface area (Å²) >= 11 is 0. The maximum Gasteiger partial charge on any atom is 0.194 e. The Balaban J connectivity index is 1.59. The number of nitrogens with two attached hydrogens (primary N) is 1. The van der Waals surface area contributed by atoms with Gasteiger partial charge in [0, 0.05) is 5.56 Å². The standard InChI is InChI=1S/C23H32N6O2/c1-5-28(6-2)14-13-24-16-19-9-12-21(22(15-19)30-4)31-17-23-25-26-27-29(23)20-10-7-18(3)8-11-20/h7-12,15,24H,5-6,13-14,16-17H2,1-4H3/p+2. The van der Waals surface area contributed by atoms with Crippen LogP contribution in [0.1, 0.15) is 30.8 Å². The molecule has 3 aromatic rings. The number of rotatable bonds is 12. The predicted molar refractivity (Wildman–Crippen MR) is 119 cm³/mol. The van der Waals surface area contributed by atoms with E-state index in [4.69, 9.17) is 9.47 Å². The fraction of sp³-hybridized carbons (Fsp3) is 0.435. The molecule has 0 saturated carbocycles. The van der Waals surface area contributed by atoms with Gasteiger partial charge in [-0.1, -0.05) is 17.7 Å². The van der Waals surface area contributed by atoms with Crippen molar-refractivity contribution in [2.24, 2.45) is 0 Å². The van der Waals surface area contributed by atoms with Gasteiger partial charge >= 0.3 is 0 Å². The smallest absolute Gasteiger partial charge is 0.194 e. The number of methoxy groups -OCH3 is 1. The van der Waals surface area contributed by atoms with Crippen LogP contribution in [0, 0.1) is 6.92 Å². The van der Waals surface area contributed by atoms with Crippen LogP contribution < -0.4 is 19.7 Å². The monoisotopic (exact) mass is 426 g/mol. The molecule has 0 amide bonds. The van der Waals surface area contributed by atoms with Gasteiger partial charge in [0.1, 0.15) is 19.6 Å². The number of aryl methyl sites for hydroxylation is 1. The average molecular weight is 427 g/mol. The zero-order valence-electron chi connectivity index (χ0n) is 19.0. The van der Waals surface area contributed by atoms with Crippen molar-refractivity contribution in [2.45, 2.75) is 33.9 Å². The Morgan fingerprint density at radius 3 is 2.52 bits per heavy atom. The number of hydrogen-bond acceptors (Lipinski definition) is 5. The molecule has 8 nitrogen and oxygen atoms in total. The van der Waals surface area contributed by atoms with Crippen LogP contribution in [-0.2, 0) is 13.2 Å². The SMILES string of the molecule is CC[NH+](CC)CC[NH2+]Cc1ccc(OCc2nnnn2-c2ccc(C)cc2)c(OC)c1. The molecule has 8 heteroatoms. The summed E-state index contributed by atoms with van der Waals surface area (Å²) in [5.41, 5.74) is 3.30. The van der Waals surface area contributed by atoms with Gasteiger partial charge in [-0.25, -0.2) is 0 Å². The largest absolute Gasteiger partial charge is 0.493 e. The summed E-state index contributed by atoms with van der Waals surface area (Å²) in [6.07, 6.45) is 0. The summed E-state index contributed by atoms with van der Waals surface area (Å²) in [6.45, 7) is 12.3. The molecule has 3 rings (SSSR count). The number of nitrogens with one attached hydrogen (secondary N) is 1. The van der Waals surface area contributed by atoms with Crippen molar-refractivity contribution < 1.29 is 19.7 Å². The van der Waals surface area contributed by atoms with Crippen LogP contribution in [0.4, 0.5) is 0 Å². The van der Waals surface area contributed by atoms with E-state index in [-0.39, 0.29) is 6.61 Å². The van der Waals surface area contributed by atoms with Crippen LogP contribution >= 0.6 is 0 Å². The molecular weight excluding hydrogens is 392 g/mol. The molecular formula is C23H34N6O2+2. The summed E-state index contributed by atoms with van der Waals surface area (Å²) in [6, 6.07) is 14.1. The van der Waals surface area contributed by atoms with Crippen molar-refractivity contribution in [3.63, 3.8) is 0 Å². The maximum absolute atomic E-state index is 6.00. The van der Waals surface area contributed by atoms with E-state index >= 15 is 0 Å². The first-order valence-corrected chi connectivity index (χ1v) is 10.9. The third-order valence-electron chi connectivity index (χ3n) is 5.48. The number of ether oxygens (including phenoxy) is 2. The first-order chi connectivity index (χ1) is 15.1. The maximum atomic E-state index is 6.00. The molecule has 0 bridgehead atoms. The van der Waals surface area contributed by atoms with Gasteiger partial charge in [0.2, 0.25) is 0 Å². The minimum absolute atomic E-state index is 0.245. The van der Waals surface area contributed by atoms with E-state index in [9.17, 15) is 0 Å². The quantitative estimate of drug-likeness (QED) is 0.413. The highest BCUT2D eigenvalue weighted by atomic mass is 16.5. The van der Waals surface area contributed by atoms with Crippen molar-refractivity contribution in [3.8, 4) is 17.2 Å². The molecule has 0 aliphatic rings. The van der Waals surface area contributed by atoms with Gasteiger partial charge in [-0.05, 0) is 61.5 Å². The highest BCUT2D eigenvalue weighted by Gasteiger charge is 2.12. The Morgan fingerprint density at radius 1 is 1.03 bits per heavy atom. The Kier molecular flexibility index (Phi) is 8.37. The third kappa shape index (κ3) is 6.26. The number of benzene rings is 2. The van der Waals surface area contributed by atoms with Crippen molar-refractivity contribution in [1.82, 2.24) is 20.2 Å². The third-order valence-corrected chi connectivity index (χ3v) is 5.48. The van der Waals surface area contributed by atoms with E-state index in [1.165, 1.54) is 30.8 Å². The van der Waals surface area contributed by atoms with Gasteiger partial charge in [-0.15, -0.1) is 5.10 Å². The van der Waals surface area contributed by atoms with Gasteiger partial charge in [-0.3, -0.25) is 0 Å². The molecule has 0 aliphatic carbocycles. The highest BCUT2D eigenvalue weighted by molar-refractivity contribution is 5.43. The summed E-state index contributed by atoms with van der Waals surface area (Å²) in [5.74, 6) is 2.02. The summed E-state index contributed by atoms with van der Waals surface area (Å²) in [7, 11) is 1.66. The predicted octanol–water partition coefficient (Wildman–Crippen LogP) is 0.546. The van der Waals surface area contributed by atoms with Gasteiger partial charge in [-0.2, -0.15) is 4.68 Å². The first kappa shape index (κ1) is 22.7. The van der Waals surface area contributed by atoms with Crippen LogP contribution in [0.15, 0.2) is 42.5 Å². The molecule has 0 saturated heterocycles. The molecule has 1 aromatic heterocycles. The summed E-state index contributed by atoms with van der Waals surface area (Å²) < 4.78 is 13.2. The Bertz CT molecular complexity index is 937. The number of tetrazole rings is 1. The van der Waals surface area contributed by atoms with E-state index in [0.717, 1.165) is 24.5 Å². The molecule has 1 heterocycles. The Labute approximate surface area is 184 Å². The average Bonchev–Trinajstić information content (AvgIpc) is 3.27. The lowest BCUT2D eigenvalue weighted by atomic mass is 10.2. The minimum atomic E-state index is 0.245. The number of hydrogen-bond donors (Lipinski definition) is 2. The van der Waals surface area contributed by atoms with E-state index in [1.54, 1.807) is 16.7 Å². The number of likely N-dealkylation sites (N-methyl/N-ethyl adjacent to an activating group) is 1. The molecule has 0 unspecified atom stereocenters. The van der Waals surface area contributed by atoms with E-state index in [2.05, 4.69) is 40.8 Å². The van der Waals surface area contributed by atoms with Gasteiger partial charge in [0.25, 0.3) is 0 Å². The molecule has 0 aliphatic heterocycles. The zero-order valence-corrected chi connectivity index (χ0v) is 19.0. The molecule has 2 aromatic carbocycles. The van der Waals surface area contributed by atoms with Crippen molar-refractivity contribution in [3.05, 3.63) is 59.4 Å². The number of nitrogens with zero attached hydrogens (tertiary/aromatic N) is 4. The van der Waals surface area contributed by atoms with E-state index in [1.807, 2.05) is 43.3 Å². The normalized spacial score (nSPS) is 11.1. The molecule has 3 N–H and O–H groups in total. The lowest BCUT2D eigenvalue weighted by molar-refractivity contribution is -0.910. The summed E-state index contributed by atoms with van der Waals surface area (Å²) in [5, 5.41) is 14.3. The molecule has 0 fully saturated rings. The van der Waals surface area contributed by atoms with Crippen molar-refractivity contribution >= 4 is 0 Å². The van der Waals surface area contributed by atoms with Crippen LogP contribution in [-0.4, -0.2) is 53.5 Å². The van der Waals surface area contributed by atoms with Gasteiger partial charge < -0.3 is 19.7 Å². The Hall–Kier alpha value is -2.97. The fourth-order valence-corrected chi connectivity index (χ4v) is 3.46. The lowest BCUT2D eigenvalue weighted by Gasteiger charge is -2.14. The second-order valence-corrected chi connectivity index (χ2v) is 7.60. The number of aromatic nitrogens is 4. The van der Waals surface area contributed by atoms with Crippen molar-refractivity contribution in [2.75, 3.05) is 33.3 Å². The minimum Gasteiger partial charge on any atom is -0.493 e. The van der Waals surface area contributed by atoms with Crippen LogP contribution in [0.25, 0.3) is 5.69 Å². The molecule has 0 spiro atoms. The summed E-state index contributed by atoms with van der Waals surface area (Å²) in [4.78, 5) is 1.63. The Morgan fingerprint density at radius 2 is 1.81 bits per heavy atom. The second kappa shape index (κ2) is 11.4. The van der Waals surface area contributed by atoms with Crippen LogP contribution in [0.3, 0.4) is 0 Å². The first-order valence-electron chi connectivity index (χ1n) is 10.9. The van der Waals surface area contributed by atoms with Gasteiger partial charge in [0.05, 0.1) is 25.9 Å². The zero-order chi connectivity index (χ0) is 22.1. The molecule has 0 atom stereocenters. The van der Waals surface area contributed by atoms with Crippen molar-refractivity contribution in [1.29, 1.82) is 0 Å².